The molecule has 0 bridgehead atoms. The van der Waals surface area contributed by atoms with Crippen LogP contribution < -0.4 is 15.4 Å². The summed E-state index contributed by atoms with van der Waals surface area (Å²) in [6, 6.07) is 7.76. The minimum absolute atomic E-state index is 0.0543. The van der Waals surface area contributed by atoms with Gasteiger partial charge in [0.15, 0.2) is 11.5 Å². The van der Waals surface area contributed by atoms with E-state index in [0.717, 1.165) is 0 Å². The Hall–Kier alpha value is -3.40. The molecule has 150 valence electrons. The number of benzene rings is 2. The fourth-order valence-corrected chi connectivity index (χ4v) is 3.07. The monoisotopic (exact) mass is 463 g/mol. The average Bonchev–Trinajstić information content (AvgIpc) is 2.93. The molecule has 29 heavy (non-hydrogen) atoms. The predicted octanol–water partition coefficient (Wildman–Crippen LogP) is 2.83. The molecule has 3 N–H and O–H groups in total. The largest absolute Gasteiger partial charge is 0.503 e. The lowest BCUT2D eigenvalue weighted by Gasteiger charge is -2.12. The first-order chi connectivity index (χ1) is 13.8. The van der Waals surface area contributed by atoms with Gasteiger partial charge in [-0.1, -0.05) is 12.1 Å². The molecule has 0 unspecified atom stereocenters. The highest BCUT2D eigenvalue weighted by Gasteiger charge is 2.35. The lowest BCUT2D eigenvalue weighted by atomic mass is 10.1. The molecule has 3 rings (SSSR count). The topological polar surface area (TPSA) is 108 Å². The second-order valence-corrected chi connectivity index (χ2v) is 6.82. The third-order valence-corrected chi connectivity index (χ3v) is 4.60. The number of phenols is 1. The van der Waals surface area contributed by atoms with Gasteiger partial charge in [-0.3, -0.25) is 9.59 Å². The highest BCUT2D eigenvalue weighted by molar-refractivity contribution is 9.10. The molecule has 4 amide bonds. The number of urea groups is 1. The van der Waals surface area contributed by atoms with Gasteiger partial charge in [0.05, 0.1) is 17.3 Å². The molecule has 1 heterocycles. The van der Waals surface area contributed by atoms with Crippen LogP contribution in [0.2, 0.25) is 0 Å². The molecule has 0 saturated carbocycles. The van der Waals surface area contributed by atoms with Crippen LogP contribution >= 0.6 is 15.9 Å². The van der Waals surface area contributed by atoms with Crippen molar-refractivity contribution in [1.29, 1.82) is 0 Å². The summed E-state index contributed by atoms with van der Waals surface area (Å²) in [4.78, 5) is 37.4. The quantitative estimate of drug-likeness (QED) is 0.466. The van der Waals surface area contributed by atoms with Crippen molar-refractivity contribution < 1.29 is 28.6 Å². The van der Waals surface area contributed by atoms with Crippen LogP contribution in [0.1, 0.15) is 5.56 Å². The first kappa shape index (κ1) is 20.3. The van der Waals surface area contributed by atoms with E-state index in [0.29, 0.717) is 14.9 Å². The van der Waals surface area contributed by atoms with Crippen LogP contribution in [0, 0.1) is 5.82 Å². The van der Waals surface area contributed by atoms with E-state index in [4.69, 9.17) is 4.74 Å². The van der Waals surface area contributed by atoms with Crippen LogP contribution in [-0.2, 0) is 9.59 Å². The third kappa shape index (κ3) is 4.37. The van der Waals surface area contributed by atoms with Crippen molar-refractivity contribution in [2.75, 3.05) is 19.0 Å². The van der Waals surface area contributed by atoms with Gasteiger partial charge < -0.3 is 20.5 Å². The summed E-state index contributed by atoms with van der Waals surface area (Å²) in [6.07, 6.45) is 1.38. The Labute approximate surface area is 173 Å². The molecule has 1 saturated heterocycles. The number of carbonyl (C=O) groups excluding carboxylic acids is 3. The number of anilines is 1. The molecule has 0 radical (unpaired) electrons. The minimum atomic E-state index is -0.783. The third-order valence-electron chi connectivity index (χ3n) is 3.99. The van der Waals surface area contributed by atoms with E-state index in [9.17, 15) is 23.9 Å². The smallest absolute Gasteiger partial charge is 0.329 e. The van der Waals surface area contributed by atoms with Gasteiger partial charge in [-0.2, -0.15) is 0 Å². The maximum atomic E-state index is 13.6. The summed E-state index contributed by atoms with van der Waals surface area (Å²) in [5.74, 6) is -2.02. The van der Waals surface area contributed by atoms with Crippen LogP contribution in [0.5, 0.6) is 11.5 Å². The highest BCUT2D eigenvalue weighted by Crippen LogP contribution is 2.35. The average molecular weight is 464 g/mol. The molecule has 1 fully saturated rings. The van der Waals surface area contributed by atoms with Gasteiger partial charge in [-0.15, -0.1) is 0 Å². The van der Waals surface area contributed by atoms with Crippen LogP contribution in [0.3, 0.4) is 0 Å². The number of amides is 4. The molecule has 2 aromatic rings. The number of nitrogens with zero attached hydrogens (tertiary/aromatic N) is 1. The molecule has 2 aromatic carbocycles. The number of halogens is 2. The second-order valence-electron chi connectivity index (χ2n) is 5.96. The number of phenolic OH excluding ortho intramolecular Hbond substituents is 1. The number of carbonyl (C=O) groups is 3. The number of ether oxygens (including phenoxy) is 1. The fourth-order valence-electron chi connectivity index (χ4n) is 2.61. The normalized spacial score (nSPS) is 14.9. The van der Waals surface area contributed by atoms with Crippen molar-refractivity contribution in [2.24, 2.45) is 0 Å². The van der Waals surface area contributed by atoms with Gasteiger partial charge in [-0.25, -0.2) is 14.1 Å². The van der Waals surface area contributed by atoms with Gasteiger partial charge in [0, 0.05) is 0 Å². The Morgan fingerprint density at radius 3 is 2.76 bits per heavy atom. The lowest BCUT2D eigenvalue weighted by Crippen LogP contribution is -2.38. The summed E-state index contributed by atoms with van der Waals surface area (Å²) in [7, 11) is 1.37. The molecule has 8 nitrogen and oxygen atoms in total. The Bertz CT molecular complexity index is 1040. The first-order valence-corrected chi connectivity index (χ1v) is 9.05. The number of nitrogens with one attached hydrogen (secondary N) is 2. The number of hydrogen-bond acceptors (Lipinski definition) is 5. The van der Waals surface area contributed by atoms with E-state index in [1.807, 2.05) is 0 Å². The van der Waals surface area contributed by atoms with Crippen molar-refractivity contribution >= 4 is 45.5 Å². The standard InChI is InChI=1S/C19H15BrFN3O5/c1-29-15-8-10(6-11(20)17(15)26)7-14-18(27)24(19(28)23-14)9-16(25)22-13-5-3-2-4-12(13)21/h2-8,26H,9H2,1H3,(H,22,25)(H,23,28)/b14-7+. The van der Waals surface area contributed by atoms with E-state index in [1.165, 1.54) is 49.6 Å². The number of para-hydroxylation sites is 1. The van der Waals surface area contributed by atoms with Crippen molar-refractivity contribution in [3.63, 3.8) is 0 Å². The summed E-state index contributed by atoms with van der Waals surface area (Å²) in [5.41, 5.74) is 0.350. The number of rotatable bonds is 5. The predicted molar refractivity (Wildman–Crippen MR) is 106 cm³/mol. The Morgan fingerprint density at radius 2 is 2.07 bits per heavy atom. The zero-order chi connectivity index (χ0) is 21.1. The molecule has 1 aliphatic heterocycles. The van der Waals surface area contributed by atoms with E-state index in [2.05, 4.69) is 26.6 Å². The fraction of sp³-hybridized carbons (Fsp3) is 0.105. The van der Waals surface area contributed by atoms with Crippen LogP contribution in [0.15, 0.2) is 46.6 Å². The Balaban J connectivity index is 1.76. The molecule has 0 aliphatic carbocycles. The number of hydrogen-bond donors (Lipinski definition) is 3. The summed E-state index contributed by atoms with van der Waals surface area (Å²) in [6.45, 7) is -0.584. The summed E-state index contributed by atoms with van der Waals surface area (Å²) >= 11 is 3.17. The molecule has 0 atom stereocenters. The molecule has 10 heteroatoms. The van der Waals surface area contributed by atoms with Gasteiger partial charge >= 0.3 is 6.03 Å². The van der Waals surface area contributed by atoms with Gasteiger partial charge in [0.1, 0.15) is 18.1 Å². The zero-order valence-corrected chi connectivity index (χ0v) is 16.6. The number of aromatic hydroxyl groups is 1. The van der Waals surface area contributed by atoms with E-state index in [1.54, 1.807) is 0 Å². The first-order valence-electron chi connectivity index (χ1n) is 8.25. The maximum Gasteiger partial charge on any atom is 0.329 e. The lowest BCUT2D eigenvalue weighted by molar-refractivity contribution is -0.127. The van der Waals surface area contributed by atoms with E-state index >= 15 is 0 Å². The molecule has 0 aromatic heterocycles. The SMILES string of the molecule is COc1cc(/C=C2/NC(=O)N(CC(=O)Nc3ccccc3F)C2=O)cc(Br)c1O. The van der Waals surface area contributed by atoms with Crippen LogP contribution in [0.4, 0.5) is 14.9 Å². The Morgan fingerprint density at radius 1 is 1.34 bits per heavy atom. The summed E-state index contributed by atoms with van der Waals surface area (Å²) in [5, 5.41) is 14.5. The van der Waals surface area contributed by atoms with Crippen molar-refractivity contribution in [3.8, 4) is 11.5 Å². The molecular formula is C19H15BrFN3O5. The van der Waals surface area contributed by atoms with Gasteiger partial charge in [0.2, 0.25) is 5.91 Å². The Kier molecular flexibility index (Phi) is 5.83. The van der Waals surface area contributed by atoms with Crippen molar-refractivity contribution in [2.45, 2.75) is 0 Å². The van der Waals surface area contributed by atoms with Crippen LogP contribution in [0.25, 0.3) is 6.08 Å². The molecule has 1 aliphatic rings. The zero-order valence-electron chi connectivity index (χ0n) is 15.0. The summed E-state index contributed by atoms with van der Waals surface area (Å²) < 4.78 is 19.0. The van der Waals surface area contributed by atoms with Gasteiger partial charge in [-0.05, 0) is 51.8 Å². The number of imide groups is 1. The second kappa shape index (κ2) is 8.31. The van der Waals surface area contributed by atoms with E-state index in [-0.39, 0.29) is 22.9 Å². The molecular weight excluding hydrogens is 449 g/mol. The van der Waals surface area contributed by atoms with Gasteiger partial charge in [0.25, 0.3) is 5.91 Å². The van der Waals surface area contributed by atoms with Crippen molar-refractivity contribution in [3.05, 3.63) is 57.9 Å². The highest BCUT2D eigenvalue weighted by atomic mass is 79.9. The maximum absolute atomic E-state index is 13.6. The molecule has 0 spiro atoms. The van der Waals surface area contributed by atoms with E-state index < -0.39 is 30.2 Å². The minimum Gasteiger partial charge on any atom is -0.503 e. The number of methoxy groups -OCH3 is 1. The van der Waals surface area contributed by atoms with Crippen LogP contribution in [-0.4, -0.2) is 41.5 Å². The van der Waals surface area contributed by atoms with Crippen molar-refractivity contribution in [1.82, 2.24) is 10.2 Å².